The molecule has 0 bridgehead atoms. The maximum atomic E-state index is 13.6. The lowest BCUT2D eigenvalue weighted by Crippen LogP contribution is -2.39. The number of fused-ring (bicyclic) bond motifs is 1. The molecule has 0 saturated heterocycles. The van der Waals surface area contributed by atoms with Crippen molar-refractivity contribution in [3.63, 3.8) is 0 Å². The summed E-state index contributed by atoms with van der Waals surface area (Å²) >= 11 is 2.92. The summed E-state index contributed by atoms with van der Waals surface area (Å²) in [5.74, 6) is -0.972. The molecule has 0 amide bonds. The number of carbonyl (C=O) groups excluding carboxylic acids is 1. The molecule has 2 aromatic carbocycles. The molecule has 1 aromatic heterocycles. The van der Waals surface area contributed by atoms with Crippen LogP contribution in [0.15, 0.2) is 57.5 Å². The molecule has 4 rings (SSSR count). The van der Waals surface area contributed by atoms with Crippen molar-refractivity contribution < 1.29 is 19.6 Å². The fourth-order valence-electron chi connectivity index (χ4n) is 3.83. The van der Waals surface area contributed by atoms with Crippen molar-refractivity contribution in [3.8, 4) is 5.75 Å². The number of nitro benzene ring substituents is 1. The first-order valence-corrected chi connectivity index (χ1v) is 12.4. The number of nitrogens with zero attached hydrogens (tertiary/aromatic N) is 3. The first kappa shape index (κ1) is 24.8. The second kappa shape index (κ2) is 9.74. The first-order valence-electron chi connectivity index (χ1n) is 10.6. The Kier molecular flexibility index (Phi) is 6.90. The van der Waals surface area contributed by atoms with Gasteiger partial charge in [0.2, 0.25) is 5.75 Å². The summed E-state index contributed by atoms with van der Waals surface area (Å²) in [6.45, 7) is 5.54. The molecule has 1 N–H and O–H groups in total. The summed E-state index contributed by atoms with van der Waals surface area (Å²) in [5.41, 5.74) is 2.05. The van der Waals surface area contributed by atoms with Crippen molar-refractivity contribution in [3.05, 3.63) is 97.7 Å². The minimum Gasteiger partial charge on any atom is -0.501 e. The molecule has 0 spiro atoms. The number of phenols is 1. The molecule has 0 aliphatic carbocycles. The van der Waals surface area contributed by atoms with E-state index in [0.29, 0.717) is 16.1 Å². The number of phenolic OH excluding ortho intramolecular Hbond substituents is 1. The van der Waals surface area contributed by atoms with Crippen molar-refractivity contribution in [2.45, 2.75) is 26.8 Å². The lowest BCUT2D eigenvalue weighted by molar-refractivity contribution is -0.386. The largest absolute Gasteiger partial charge is 0.501 e. The Morgan fingerprint density at radius 1 is 1.31 bits per heavy atom. The summed E-state index contributed by atoms with van der Waals surface area (Å²) < 4.78 is 7.31. The summed E-state index contributed by atoms with van der Waals surface area (Å²) in [7, 11) is 0. The highest BCUT2D eigenvalue weighted by Crippen LogP contribution is 2.33. The Labute approximate surface area is 217 Å². The van der Waals surface area contributed by atoms with E-state index in [-0.39, 0.29) is 25.8 Å². The third-order valence-corrected chi connectivity index (χ3v) is 7.28. The third-order valence-electron chi connectivity index (χ3n) is 5.47. The molecule has 180 valence electrons. The minimum absolute atomic E-state index is 0.179. The van der Waals surface area contributed by atoms with Gasteiger partial charge in [0.1, 0.15) is 0 Å². The second-order valence-corrected chi connectivity index (χ2v) is 10.0. The lowest BCUT2D eigenvalue weighted by Gasteiger charge is -2.24. The predicted molar refractivity (Wildman–Crippen MR) is 139 cm³/mol. The van der Waals surface area contributed by atoms with Gasteiger partial charge in [0.05, 0.1) is 36.9 Å². The lowest BCUT2D eigenvalue weighted by atomic mass is 9.95. The van der Waals surface area contributed by atoms with E-state index in [1.807, 2.05) is 31.2 Å². The van der Waals surface area contributed by atoms with Gasteiger partial charge < -0.3 is 9.84 Å². The Bertz CT molecular complexity index is 1570. The number of aromatic hydroxyl groups is 1. The molecule has 0 saturated carbocycles. The van der Waals surface area contributed by atoms with Gasteiger partial charge in [-0.1, -0.05) is 41.2 Å². The van der Waals surface area contributed by atoms with Crippen molar-refractivity contribution in [1.82, 2.24) is 4.57 Å². The monoisotopic (exact) mass is 605 g/mol. The second-order valence-electron chi connectivity index (χ2n) is 7.84. The number of esters is 1. The number of carbonyl (C=O) groups is 1. The zero-order valence-corrected chi connectivity index (χ0v) is 21.9. The number of hydrogen-bond acceptors (Lipinski definition) is 8. The maximum Gasteiger partial charge on any atom is 0.338 e. The summed E-state index contributed by atoms with van der Waals surface area (Å²) in [5, 5.41) is 21.3. The van der Waals surface area contributed by atoms with Gasteiger partial charge in [-0.3, -0.25) is 19.5 Å². The number of rotatable bonds is 5. The van der Waals surface area contributed by atoms with E-state index in [0.717, 1.165) is 22.5 Å². The molecule has 1 atom stereocenters. The van der Waals surface area contributed by atoms with Crippen LogP contribution >= 0.6 is 33.9 Å². The van der Waals surface area contributed by atoms with Crippen LogP contribution < -0.4 is 14.9 Å². The van der Waals surface area contributed by atoms with E-state index < -0.39 is 28.4 Å². The molecule has 1 aliphatic rings. The molecule has 2 heterocycles. The number of aromatic nitrogens is 1. The minimum atomic E-state index is -0.734. The Hall–Kier alpha value is -3.32. The van der Waals surface area contributed by atoms with Crippen LogP contribution in [0.5, 0.6) is 5.75 Å². The standard InChI is InChI=1S/C24H20IN3O6S/c1-4-34-23(31)19-13(3)26-24-27(20(19)15-7-5-12(2)6-8-15)22(30)18(35-24)11-14-9-16(25)21(29)17(10-14)28(32)33/h5-11,20,29H,4H2,1-3H3/b18-11+/t20-/m1/s1. The fourth-order valence-corrected chi connectivity index (χ4v) is 5.52. The highest BCUT2D eigenvalue weighted by Gasteiger charge is 2.33. The van der Waals surface area contributed by atoms with Crippen LogP contribution in [-0.2, 0) is 9.53 Å². The molecular weight excluding hydrogens is 585 g/mol. The van der Waals surface area contributed by atoms with Crippen LogP contribution in [0.4, 0.5) is 5.69 Å². The number of halogens is 1. The smallest absolute Gasteiger partial charge is 0.338 e. The Morgan fingerprint density at radius 3 is 2.63 bits per heavy atom. The summed E-state index contributed by atoms with van der Waals surface area (Å²) in [6.07, 6.45) is 1.52. The van der Waals surface area contributed by atoms with Gasteiger partial charge in [-0.15, -0.1) is 0 Å². The summed E-state index contributed by atoms with van der Waals surface area (Å²) in [6, 6.07) is 9.56. The third kappa shape index (κ3) is 4.65. The van der Waals surface area contributed by atoms with Crippen molar-refractivity contribution in [2.75, 3.05) is 6.61 Å². The predicted octanol–water partition coefficient (Wildman–Crippen LogP) is 3.33. The van der Waals surface area contributed by atoms with E-state index in [4.69, 9.17) is 4.74 Å². The average Bonchev–Trinajstić information content (AvgIpc) is 3.10. The number of hydrogen-bond donors (Lipinski definition) is 1. The maximum absolute atomic E-state index is 13.6. The van der Waals surface area contributed by atoms with Crippen LogP contribution in [-0.4, -0.2) is 27.2 Å². The van der Waals surface area contributed by atoms with E-state index >= 15 is 0 Å². The first-order chi connectivity index (χ1) is 16.6. The topological polar surface area (TPSA) is 124 Å². The van der Waals surface area contributed by atoms with Gasteiger partial charge >= 0.3 is 11.7 Å². The number of benzene rings is 2. The van der Waals surface area contributed by atoms with Crippen LogP contribution in [0.1, 0.15) is 36.6 Å². The fraction of sp³-hybridized carbons (Fsp3) is 0.208. The average molecular weight is 605 g/mol. The zero-order chi connectivity index (χ0) is 25.4. The quantitative estimate of drug-likeness (QED) is 0.206. The zero-order valence-electron chi connectivity index (χ0n) is 18.9. The number of aryl methyl sites for hydroxylation is 1. The number of thiazole rings is 1. The normalized spacial score (nSPS) is 15.5. The molecule has 0 radical (unpaired) electrons. The molecular formula is C24H20IN3O6S. The Morgan fingerprint density at radius 2 is 2.00 bits per heavy atom. The number of ether oxygens (including phenoxy) is 1. The highest BCUT2D eigenvalue weighted by atomic mass is 127. The van der Waals surface area contributed by atoms with Crippen LogP contribution in [0, 0.1) is 20.6 Å². The van der Waals surface area contributed by atoms with Crippen molar-refractivity contribution >= 4 is 51.7 Å². The van der Waals surface area contributed by atoms with Crippen LogP contribution in [0.25, 0.3) is 6.08 Å². The van der Waals surface area contributed by atoms with Crippen LogP contribution in [0.3, 0.4) is 0 Å². The molecule has 1 aliphatic heterocycles. The van der Waals surface area contributed by atoms with Crippen molar-refractivity contribution in [2.24, 2.45) is 4.99 Å². The Balaban J connectivity index is 1.96. The van der Waals surface area contributed by atoms with Crippen LogP contribution in [0.2, 0.25) is 0 Å². The molecule has 0 fully saturated rings. The number of allylic oxidation sites excluding steroid dienone is 1. The van der Waals surface area contributed by atoms with E-state index in [2.05, 4.69) is 4.99 Å². The molecule has 35 heavy (non-hydrogen) atoms. The molecule has 11 heteroatoms. The van der Waals surface area contributed by atoms with Gasteiger partial charge in [0.25, 0.3) is 5.56 Å². The van der Waals surface area contributed by atoms with E-state index in [1.165, 1.54) is 16.7 Å². The molecule has 0 unspecified atom stereocenters. The van der Waals surface area contributed by atoms with E-state index in [1.54, 1.807) is 42.5 Å². The van der Waals surface area contributed by atoms with Crippen molar-refractivity contribution in [1.29, 1.82) is 0 Å². The van der Waals surface area contributed by atoms with Gasteiger partial charge in [-0.05, 0) is 66.6 Å². The van der Waals surface area contributed by atoms with Gasteiger partial charge in [-0.2, -0.15) is 0 Å². The van der Waals surface area contributed by atoms with Gasteiger partial charge in [0, 0.05) is 6.07 Å². The van der Waals surface area contributed by atoms with Gasteiger partial charge in [-0.25, -0.2) is 9.79 Å². The summed E-state index contributed by atoms with van der Waals surface area (Å²) in [4.78, 5) is 42.1. The SMILES string of the molecule is CCOC(=O)C1=C(C)N=c2s/c(=C/c3cc(I)c(O)c([N+](=O)[O-])c3)c(=O)n2[C@@H]1c1ccc(C)cc1. The molecule has 9 nitrogen and oxygen atoms in total. The van der Waals surface area contributed by atoms with E-state index in [9.17, 15) is 24.8 Å². The molecule has 3 aromatic rings. The highest BCUT2D eigenvalue weighted by molar-refractivity contribution is 14.1. The van der Waals surface area contributed by atoms with Gasteiger partial charge in [0.15, 0.2) is 4.80 Å². The number of nitro groups is 1.